The zero-order valence-electron chi connectivity index (χ0n) is 16.7. The Balaban J connectivity index is 0.00000264. The maximum atomic E-state index is 2.68. The normalized spacial score (nSPS) is 18.9. The number of hydrogen-bond donors (Lipinski definition) is 0. The quantitative estimate of drug-likeness (QED) is 0.363. The third-order valence-corrected chi connectivity index (χ3v) is 28.6. The predicted molar refractivity (Wildman–Crippen MR) is 115 cm³/mol. The average molecular weight is 511 g/mol. The van der Waals surface area contributed by atoms with Crippen LogP contribution in [-0.4, -0.2) is 12.1 Å². The van der Waals surface area contributed by atoms with Crippen LogP contribution in [0.3, 0.4) is 0 Å². The van der Waals surface area contributed by atoms with E-state index in [2.05, 4.69) is 75.1 Å². The van der Waals surface area contributed by atoms with Crippen LogP contribution < -0.4 is 0 Å². The van der Waals surface area contributed by atoms with Crippen LogP contribution in [0.15, 0.2) is 42.0 Å². The van der Waals surface area contributed by atoms with Gasteiger partial charge in [0.15, 0.2) is 0 Å². The van der Waals surface area contributed by atoms with Crippen LogP contribution in [0.1, 0.15) is 54.4 Å². The van der Waals surface area contributed by atoms with E-state index in [0.717, 1.165) is 0 Å². The summed E-state index contributed by atoms with van der Waals surface area (Å²) in [6, 6.07) is 0. The van der Waals surface area contributed by atoms with E-state index in [0.29, 0.717) is 10.8 Å². The molecule has 0 amide bonds. The summed E-state index contributed by atoms with van der Waals surface area (Å²) in [5.41, 5.74) is 3.70. The van der Waals surface area contributed by atoms with Gasteiger partial charge < -0.3 is 0 Å². The van der Waals surface area contributed by atoms with Crippen molar-refractivity contribution < 1.29 is 15.7 Å². The van der Waals surface area contributed by atoms with Crippen molar-refractivity contribution in [3.8, 4) is 0 Å². The molecule has 2 aliphatic rings. The average Bonchev–Trinajstić information content (AvgIpc) is 2.97. The number of allylic oxidation sites excluding steroid dienone is 8. The molecule has 0 fully saturated rings. The van der Waals surface area contributed by atoms with Crippen molar-refractivity contribution in [2.24, 2.45) is 10.8 Å². The van der Waals surface area contributed by atoms with Crippen molar-refractivity contribution >= 4 is 37.0 Å². The van der Waals surface area contributed by atoms with Gasteiger partial charge in [-0.25, -0.2) is 0 Å². The van der Waals surface area contributed by atoms with Gasteiger partial charge in [0, 0.05) is 0 Å². The summed E-state index contributed by atoms with van der Waals surface area (Å²) in [5.74, 6) is 0. The van der Waals surface area contributed by atoms with Crippen LogP contribution in [0.4, 0.5) is 0 Å². The maximum Gasteiger partial charge on any atom is -0.147 e. The summed E-state index contributed by atoms with van der Waals surface area (Å²) in [4.78, 5) is 0. The first kappa shape index (κ1) is 25.0. The van der Waals surface area contributed by atoms with Gasteiger partial charge in [-0.05, 0) is 0 Å². The van der Waals surface area contributed by atoms with Gasteiger partial charge in [-0.3, -0.25) is 0 Å². The fourth-order valence-corrected chi connectivity index (χ4v) is 17.3. The molecule has 2 aliphatic carbocycles. The molecule has 0 aromatic carbocycles. The van der Waals surface area contributed by atoms with Crippen molar-refractivity contribution in [3.63, 3.8) is 0 Å². The third kappa shape index (κ3) is 5.02. The van der Waals surface area contributed by atoms with Crippen LogP contribution in [0.5, 0.6) is 0 Å². The van der Waals surface area contributed by atoms with Gasteiger partial charge in [-0.15, -0.1) is 24.8 Å². The summed E-state index contributed by atoms with van der Waals surface area (Å²) in [6.07, 6.45) is 12.6. The molecule has 0 heterocycles. The Morgan fingerprint density at radius 2 is 1.04 bits per heavy atom. The minimum absolute atomic E-state index is 0. The predicted octanol–water partition coefficient (Wildman–Crippen LogP) is 6.68. The van der Waals surface area contributed by atoms with Crippen molar-refractivity contribution in [1.82, 2.24) is 0 Å². The second-order valence-corrected chi connectivity index (χ2v) is 52.9. The molecule has 4 heteroatoms. The van der Waals surface area contributed by atoms with E-state index in [4.69, 9.17) is 0 Å². The fraction of sp³-hybridized carbons (Fsp3) is 0.600. The van der Waals surface area contributed by atoms with E-state index < -0.39 is 15.7 Å². The zero-order valence-corrected chi connectivity index (χ0v) is 23.8. The Kier molecular flexibility index (Phi) is 7.84. The Morgan fingerprint density at radius 3 is 1.25 bits per heavy atom. The molecule has 0 N–H and O–H groups in total. The molecule has 0 aromatic rings. The molecule has 24 heavy (non-hydrogen) atoms. The van der Waals surface area contributed by atoms with Crippen molar-refractivity contribution in [2.75, 3.05) is 0 Å². The summed E-state index contributed by atoms with van der Waals surface area (Å²) in [7, 11) is 0. The summed E-state index contributed by atoms with van der Waals surface area (Å²) in [5, 5.41) is 0. The minimum atomic E-state index is -2.83. The Morgan fingerprint density at radius 1 is 0.750 bits per heavy atom. The maximum absolute atomic E-state index is 2.83. The first-order valence-corrected chi connectivity index (χ1v) is 26.5. The largest absolute Gasteiger partial charge is 0.147 e. The molecule has 0 nitrogen and oxygen atoms in total. The second kappa shape index (κ2) is 7.53. The minimum Gasteiger partial charge on any atom is -0.147 e. The molecular weight excluding hydrogens is 475 g/mol. The van der Waals surface area contributed by atoms with E-state index in [1.165, 1.54) is 25.0 Å². The van der Waals surface area contributed by atoms with Crippen LogP contribution in [0.2, 0.25) is 9.26 Å². The topological polar surface area (TPSA) is 0 Å². The first-order chi connectivity index (χ1) is 9.70. The van der Waals surface area contributed by atoms with Gasteiger partial charge in [-0.1, -0.05) is 0 Å². The Labute approximate surface area is 167 Å². The Bertz CT molecular complexity index is 632. The molecular formula is C20H36Cl2GeZr. The van der Waals surface area contributed by atoms with Gasteiger partial charge >= 0.3 is 144 Å². The molecule has 0 unspecified atom stereocenters. The molecule has 0 atom stereocenters. The van der Waals surface area contributed by atoms with Gasteiger partial charge in [-0.2, -0.15) is 0 Å². The van der Waals surface area contributed by atoms with E-state index in [1.54, 1.807) is 11.1 Å². The third-order valence-electron chi connectivity index (χ3n) is 5.53. The smallest absolute Gasteiger partial charge is 0.147 e. The molecule has 0 aliphatic heterocycles. The summed E-state index contributed by atoms with van der Waals surface area (Å²) in [6.45, 7) is 14.0. The van der Waals surface area contributed by atoms with E-state index in [-0.39, 0.29) is 24.8 Å². The Hall–Kier alpha value is 0.966. The van der Waals surface area contributed by atoms with Crippen molar-refractivity contribution in [2.45, 2.75) is 63.6 Å². The van der Waals surface area contributed by atoms with Gasteiger partial charge in [0.1, 0.15) is 0 Å². The summed E-state index contributed by atoms with van der Waals surface area (Å²) >= 11 is -1.35. The van der Waals surface area contributed by atoms with E-state index in [9.17, 15) is 0 Å². The van der Waals surface area contributed by atoms with Crippen LogP contribution in [0.25, 0.3) is 0 Å². The van der Waals surface area contributed by atoms with Gasteiger partial charge in [0.25, 0.3) is 0 Å². The van der Waals surface area contributed by atoms with Crippen LogP contribution in [-0.2, 0) is 15.7 Å². The van der Waals surface area contributed by atoms with Gasteiger partial charge in [0.2, 0.25) is 0 Å². The van der Waals surface area contributed by atoms with Crippen LogP contribution >= 0.6 is 24.8 Å². The standard InChI is InChI=1S/2C9H13.2CH3.2ClH.GeH2.Zr/c2*1-9(2,3)8-6-4-5-7-8;;;;;;/h2*6-7H,4H2,1-3H3;2*1H3;2*1H;1H2;. The molecule has 2 rings (SSSR count). The SMILES string of the molecule is CC(C)(C)C1=CC[C]([Zr]([CH3])([CH3])(=[GeH2])[C]2=CC(C(C)(C)C)=CC2)=C1.Cl.Cl. The molecule has 0 bridgehead atoms. The molecule has 0 aromatic heterocycles. The molecule has 0 radical (unpaired) electrons. The first-order valence-electron chi connectivity index (χ1n) is 8.61. The zero-order chi connectivity index (χ0) is 17.0. The number of hydrogen-bond acceptors (Lipinski definition) is 0. The number of halogens is 2. The monoisotopic (exact) mass is 510 g/mol. The fourth-order valence-electron chi connectivity index (χ4n) is 3.42. The molecule has 0 saturated carbocycles. The van der Waals surface area contributed by atoms with E-state index in [1.807, 2.05) is 6.56 Å². The summed E-state index contributed by atoms with van der Waals surface area (Å²) < 4.78 is 9.00. The molecule has 138 valence electrons. The van der Waals surface area contributed by atoms with Gasteiger partial charge in [0.05, 0.1) is 0 Å². The molecule has 0 spiro atoms. The number of rotatable bonds is 2. The van der Waals surface area contributed by atoms with Crippen molar-refractivity contribution in [1.29, 1.82) is 0 Å². The van der Waals surface area contributed by atoms with E-state index >= 15 is 0 Å². The van der Waals surface area contributed by atoms with Crippen molar-refractivity contribution in [3.05, 3.63) is 42.0 Å². The van der Waals surface area contributed by atoms with Crippen LogP contribution in [0, 0.1) is 10.8 Å². The second-order valence-electron chi connectivity index (χ2n) is 10.3. The molecule has 0 saturated heterocycles.